The number of hydrogen-bond donors (Lipinski definition) is 2. The average molecular weight is 402 g/mol. The predicted molar refractivity (Wildman–Crippen MR) is 113 cm³/mol. The second-order valence-corrected chi connectivity index (χ2v) is 9.09. The number of rotatable bonds is 6. The maximum absolute atomic E-state index is 12.0. The molecular formula is C24H35NO4. The van der Waals surface area contributed by atoms with Crippen molar-refractivity contribution < 1.29 is 19.7 Å². The molecule has 4 rings (SSSR count). The minimum absolute atomic E-state index is 0.0755. The molecule has 1 aromatic carbocycles. The molecule has 1 aliphatic heterocycles. The van der Waals surface area contributed by atoms with Crippen LogP contribution in [0.4, 0.5) is 0 Å². The first-order valence-corrected chi connectivity index (χ1v) is 11.1. The van der Waals surface area contributed by atoms with Gasteiger partial charge in [0.05, 0.1) is 13.2 Å². The summed E-state index contributed by atoms with van der Waals surface area (Å²) in [7, 11) is 1.62. The number of aliphatic hydroxyl groups is 2. The van der Waals surface area contributed by atoms with E-state index < -0.39 is 17.8 Å². The van der Waals surface area contributed by atoms with E-state index in [-0.39, 0.29) is 6.04 Å². The van der Waals surface area contributed by atoms with Gasteiger partial charge in [0, 0.05) is 12.6 Å². The monoisotopic (exact) mass is 401 g/mol. The fourth-order valence-electron chi connectivity index (χ4n) is 5.26. The van der Waals surface area contributed by atoms with Crippen LogP contribution in [0.3, 0.4) is 0 Å². The molecule has 0 amide bonds. The Morgan fingerprint density at radius 3 is 2.76 bits per heavy atom. The summed E-state index contributed by atoms with van der Waals surface area (Å²) in [6, 6.07) is 5.91. The lowest BCUT2D eigenvalue weighted by atomic mass is 9.71. The maximum Gasteiger partial charge on any atom is 0.162 e. The van der Waals surface area contributed by atoms with Gasteiger partial charge in [-0.3, -0.25) is 4.90 Å². The highest BCUT2D eigenvalue weighted by atomic mass is 16.5. The molecule has 0 aromatic heterocycles. The number of benzene rings is 1. The normalized spacial score (nSPS) is 32.0. The predicted octanol–water partition coefficient (Wildman–Crippen LogP) is 3.32. The van der Waals surface area contributed by atoms with E-state index >= 15 is 0 Å². The molecule has 5 heteroatoms. The van der Waals surface area contributed by atoms with Crippen molar-refractivity contribution in [2.24, 2.45) is 5.92 Å². The first kappa shape index (κ1) is 20.7. The number of nitrogens with zero attached hydrogens (tertiary/aromatic N) is 1. The molecule has 1 heterocycles. The lowest BCUT2D eigenvalue weighted by molar-refractivity contribution is -0.0860. The van der Waals surface area contributed by atoms with Gasteiger partial charge in [0.25, 0.3) is 0 Å². The molecule has 1 aromatic rings. The molecule has 3 aliphatic rings. The highest BCUT2D eigenvalue weighted by Crippen LogP contribution is 2.44. The highest BCUT2D eigenvalue weighted by Gasteiger charge is 2.51. The van der Waals surface area contributed by atoms with Crippen LogP contribution in [0, 0.1) is 5.92 Å². The van der Waals surface area contributed by atoms with Crippen molar-refractivity contribution in [1.29, 1.82) is 0 Å². The van der Waals surface area contributed by atoms with Gasteiger partial charge >= 0.3 is 0 Å². The molecule has 2 fully saturated rings. The molecule has 4 atom stereocenters. The topological polar surface area (TPSA) is 62.2 Å². The average Bonchev–Trinajstić information content (AvgIpc) is 2.70. The smallest absolute Gasteiger partial charge is 0.162 e. The van der Waals surface area contributed by atoms with Crippen LogP contribution in [-0.4, -0.2) is 59.2 Å². The van der Waals surface area contributed by atoms with Crippen molar-refractivity contribution in [1.82, 2.24) is 4.90 Å². The third-order valence-electron chi connectivity index (χ3n) is 7.20. The Hall–Kier alpha value is -1.56. The molecule has 29 heavy (non-hydrogen) atoms. The van der Waals surface area contributed by atoms with Crippen LogP contribution in [0.15, 0.2) is 30.4 Å². The third kappa shape index (κ3) is 3.80. The lowest BCUT2D eigenvalue weighted by Crippen LogP contribution is -2.61. The molecule has 0 spiro atoms. The van der Waals surface area contributed by atoms with E-state index in [9.17, 15) is 10.2 Å². The molecule has 5 nitrogen and oxygen atoms in total. The van der Waals surface area contributed by atoms with Gasteiger partial charge in [0.2, 0.25) is 0 Å². The summed E-state index contributed by atoms with van der Waals surface area (Å²) in [5, 5.41) is 22.7. The molecular weight excluding hydrogens is 366 g/mol. The molecule has 160 valence electrons. The van der Waals surface area contributed by atoms with Crippen molar-refractivity contribution in [3.63, 3.8) is 0 Å². The Bertz CT molecular complexity index is 746. The zero-order chi connectivity index (χ0) is 20.6. The van der Waals surface area contributed by atoms with Gasteiger partial charge in [-0.05, 0) is 74.3 Å². The van der Waals surface area contributed by atoms with Crippen LogP contribution in [0.25, 0.3) is 0 Å². The van der Waals surface area contributed by atoms with Crippen LogP contribution in [0.1, 0.15) is 51.0 Å². The SMILES string of the molecule is C=C1C2Oc3cc(ccc3OC)C[C@H](N(CCC)CC3CCC3)[C@@]1(O)CCC2O. The van der Waals surface area contributed by atoms with Gasteiger partial charge in [-0.1, -0.05) is 26.0 Å². The standard InChI is InChI=1S/C24H35NO4/c1-4-12-25(15-17-6-5-7-17)22-14-18-8-9-20(28-3)21(13-18)29-23-16(2)24(22,27)11-10-19(23)26/h8-9,13,17,19,22-23,26-27H,2,4-7,10-12,14-15H2,1,3H3/t19?,22-,23?,24+/m0/s1. The van der Waals surface area contributed by atoms with Crippen LogP contribution in [0.5, 0.6) is 11.5 Å². The van der Waals surface area contributed by atoms with Crippen LogP contribution < -0.4 is 9.47 Å². The zero-order valence-electron chi connectivity index (χ0n) is 17.8. The van der Waals surface area contributed by atoms with Crippen molar-refractivity contribution >= 4 is 0 Å². The second kappa shape index (κ2) is 8.29. The summed E-state index contributed by atoms with van der Waals surface area (Å²) in [4.78, 5) is 2.49. The van der Waals surface area contributed by atoms with Crippen LogP contribution in [-0.2, 0) is 6.42 Å². The molecule has 2 saturated carbocycles. The number of aliphatic hydroxyl groups excluding tert-OH is 1. The van der Waals surface area contributed by atoms with Gasteiger partial charge < -0.3 is 19.7 Å². The van der Waals surface area contributed by atoms with Crippen molar-refractivity contribution in [2.45, 2.75) is 75.7 Å². The Morgan fingerprint density at radius 1 is 1.31 bits per heavy atom. The lowest BCUT2D eigenvalue weighted by Gasteiger charge is -2.50. The zero-order valence-corrected chi connectivity index (χ0v) is 17.8. The molecule has 0 saturated heterocycles. The molecule has 0 radical (unpaired) electrons. The number of methoxy groups -OCH3 is 1. The van der Waals surface area contributed by atoms with E-state index in [0.717, 1.165) is 37.4 Å². The van der Waals surface area contributed by atoms with Gasteiger partial charge in [-0.15, -0.1) is 0 Å². The highest BCUT2D eigenvalue weighted by molar-refractivity contribution is 5.45. The summed E-state index contributed by atoms with van der Waals surface area (Å²) < 4.78 is 11.7. The van der Waals surface area contributed by atoms with E-state index in [2.05, 4.69) is 24.5 Å². The van der Waals surface area contributed by atoms with Crippen molar-refractivity contribution in [3.8, 4) is 11.5 Å². The first-order valence-electron chi connectivity index (χ1n) is 11.1. The van der Waals surface area contributed by atoms with Crippen LogP contribution >= 0.6 is 0 Å². The Balaban J connectivity index is 1.76. The number of fused-ring (bicyclic) bond motifs is 4. The summed E-state index contributed by atoms with van der Waals surface area (Å²) in [6.45, 7) is 8.44. The first-order chi connectivity index (χ1) is 14.0. The number of ether oxygens (including phenoxy) is 2. The van der Waals surface area contributed by atoms with Gasteiger partial charge in [0.1, 0.15) is 11.7 Å². The quantitative estimate of drug-likeness (QED) is 0.716. The Morgan fingerprint density at radius 2 is 2.10 bits per heavy atom. The Kier molecular flexibility index (Phi) is 5.92. The summed E-state index contributed by atoms with van der Waals surface area (Å²) in [5.74, 6) is 1.97. The van der Waals surface area contributed by atoms with Crippen molar-refractivity contribution in [3.05, 3.63) is 35.9 Å². The second-order valence-electron chi connectivity index (χ2n) is 9.09. The van der Waals surface area contributed by atoms with Gasteiger partial charge in [0.15, 0.2) is 11.5 Å². The third-order valence-corrected chi connectivity index (χ3v) is 7.20. The van der Waals surface area contributed by atoms with E-state index in [1.54, 1.807) is 7.11 Å². The fraction of sp³-hybridized carbons (Fsp3) is 0.667. The summed E-state index contributed by atoms with van der Waals surface area (Å²) in [6.07, 6.45) is 5.34. The summed E-state index contributed by atoms with van der Waals surface area (Å²) in [5.41, 5.74) is 0.632. The Labute approximate surface area is 174 Å². The molecule has 2 aliphatic carbocycles. The minimum Gasteiger partial charge on any atom is -0.493 e. The molecule has 2 N–H and O–H groups in total. The maximum atomic E-state index is 12.0. The molecule has 2 unspecified atom stereocenters. The molecule has 4 bridgehead atoms. The van der Waals surface area contributed by atoms with Gasteiger partial charge in [-0.25, -0.2) is 0 Å². The van der Waals surface area contributed by atoms with Gasteiger partial charge in [-0.2, -0.15) is 0 Å². The van der Waals surface area contributed by atoms with E-state index in [1.807, 2.05) is 12.1 Å². The summed E-state index contributed by atoms with van der Waals surface area (Å²) >= 11 is 0. The number of hydrogen-bond acceptors (Lipinski definition) is 5. The van der Waals surface area contributed by atoms with E-state index in [1.165, 1.54) is 19.3 Å². The largest absolute Gasteiger partial charge is 0.493 e. The fourth-order valence-corrected chi connectivity index (χ4v) is 5.26. The minimum atomic E-state index is -1.08. The van der Waals surface area contributed by atoms with Crippen molar-refractivity contribution in [2.75, 3.05) is 20.2 Å². The van der Waals surface area contributed by atoms with E-state index in [0.29, 0.717) is 29.9 Å². The van der Waals surface area contributed by atoms with E-state index in [4.69, 9.17) is 9.47 Å². The van der Waals surface area contributed by atoms with Crippen LogP contribution in [0.2, 0.25) is 0 Å².